The average molecular weight is 230 g/mol. The van der Waals surface area contributed by atoms with Gasteiger partial charge in [0.2, 0.25) is 0 Å². The van der Waals surface area contributed by atoms with Crippen molar-refractivity contribution >= 4 is 17.7 Å². The summed E-state index contributed by atoms with van der Waals surface area (Å²) in [6, 6.07) is 6.03. The lowest BCUT2D eigenvalue weighted by Crippen LogP contribution is -2.37. The van der Waals surface area contributed by atoms with Crippen LogP contribution >= 0.6 is 11.8 Å². The molecule has 1 unspecified atom stereocenters. The summed E-state index contributed by atoms with van der Waals surface area (Å²) in [5, 5.41) is 18.0. The quantitative estimate of drug-likeness (QED) is 0.774. The van der Waals surface area contributed by atoms with Gasteiger partial charge in [-0.25, -0.2) is 9.18 Å². The standard InChI is InChI=1S/C10H11FO3S/c1-10(14,9(12)13)6-15-8-5-3-2-4-7(8)11/h2-5,14H,6H2,1H3,(H,12,13). The monoisotopic (exact) mass is 230 g/mol. The molecule has 82 valence electrons. The van der Waals surface area contributed by atoms with Crippen LogP contribution < -0.4 is 0 Å². The molecule has 0 aromatic heterocycles. The Morgan fingerprint density at radius 3 is 2.67 bits per heavy atom. The first-order valence-electron chi connectivity index (χ1n) is 4.26. The van der Waals surface area contributed by atoms with E-state index in [0.717, 1.165) is 11.8 Å². The van der Waals surface area contributed by atoms with Crippen molar-refractivity contribution in [2.45, 2.75) is 17.4 Å². The van der Waals surface area contributed by atoms with Gasteiger partial charge in [-0.2, -0.15) is 0 Å². The molecule has 2 N–H and O–H groups in total. The molecule has 0 radical (unpaired) electrons. The summed E-state index contributed by atoms with van der Waals surface area (Å²) in [6.07, 6.45) is 0. The van der Waals surface area contributed by atoms with Gasteiger partial charge in [0.1, 0.15) is 5.82 Å². The molecule has 1 aromatic rings. The second-order valence-electron chi connectivity index (χ2n) is 3.30. The van der Waals surface area contributed by atoms with Crippen molar-refractivity contribution < 1.29 is 19.4 Å². The van der Waals surface area contributed by atoms with Gasteiger partial charge in [0.25, 0.3) is 0 Å². The first-order chi connectivity index (χ1) is 6.93. The molecular weight excluding hydrogens is 219 g/mol. The molecule has 0 amide bonds. The van der Waals surface area contributed by atoms with E-state index in [-0.39, 0.29) is 5.75 Å². The van der Waals surface area contributed by atoms with Gasteiger partial charge < -0.3 is 10.2 Å². The van der Waals surface area contributed by atoms with Crippen molar-refractivity contribution in [3.63, 3.8) is 0 Å². The Morgan fingerprint density at radius 2 is 2.13 bits per heavy atom. The molecule has 0 heterocycles. The Hall–Kier alpha value is -1.07. The van der Waals surface area contributed by atoms with E-state index in [2.05, 4.69) is 0 Å². The number of aliphatic carboxylic acids is 1. The van der Waals surface area contributed by atoms with Gasteiger partial charge in [-0.05, 0) is 19.1 Å². The van der Waals surface area contributed by atoms with Gasteiger partial charge in [-0.1, -0.05) is 12.1 Å². The second-order valence-corrected chi connectivity index (χ2v) is 4.32. The normalized spacial score (nSPS) is 14.6. The molecule has 0 aliphatic carbocycles. The molecule has 15 heavy (non-hydrogen) atoms. The summed E-state index contributed by atoms with van der Waals surface area (Å²) in [5.41, 5.74) is -1.84. The fourth-order valence-electron chi connectivity index (χ4n) is 0.842. The molecular formula is C10H11FO3S. The smallest absolute Gasteiger partial charge is 0.336 e. The third-order valence-corrected chi connectivity index (χ3v) is 3.15. The van der Waals surface area contributed by atoms with Crippen LogP contribution in [0.4, 0.5) is 4.39 Å². The van der Waals surface area contributed by atoms with E-state index in [4.69, 9.17) is 5.11 Å². The fraction of sp³-hybridized carbons (Fsp3) is 0.300. The van der Waals surface area contributed by atoms with Crippen LogP contribution in [0.3, 0.4) is 0 Å². The summed E-state index contributed by atoms with van der Waals surface area (Å²) in [5.74, 6) is -1.82. The highest BCUT2D eigenvalue weighted by Gasteiger charge is 2.30. The Balaban J connectivity index is 2.66. The molecule has 5 heteroatoms. The van der Waals surface area contributed by atoms with E-state index in [0.29, 0.717) is 4.90 Å². The number of aliphatic hydroxyl groups is 1. The summed E-state index contributed by atoms with van der Waals surface area (Å²) >= 11 is 0.976. The van der Waals surface area contributed by atoms with Crippen LogP contribution in [0.2, 0.25) is 0 Å². The third-order valence-electron chi connectivity index (χ3n) is 1.81. The van der Waals surface area contributed by atoms with Crippen LogP contribution in [0.5, 0.6) is 0 Å². The number of hydrogen-bond donors (Lipinski definition) is 2. The van der Waals surface area contributed by atoms with Crippen molar-refractivity contribution in [2.24, 2.45) is 0 Å². The molecule has 0 aliphatic rings. The number of carboxylic acids is 1. The lowest BCUT2D eigenvalue weighted by atomic mass is 10.1. The number of hydrogen-bond acceptors (Lipinski definition) is 3. The van der Waals surface area contributed by atoms with Gasteiger partial charge in [-0.15, -0.1) is 11.8 Å². The zero-order valence-electron chi connectivity index (χ0n) is 8.11. The van der Waals surface area contributed by atoms with Crippen molar-refractivity contribution in [3.8, 4) is 0 Å². The minimum atomic E-state index is -1.84. The molecule has 1 atom stereocenters. The van der Waals surface area contributed by atoms with Crippen LogP contribution in [0.1, 0.15) is 6.92 Å². The topological polar surface area (TPSA) is 57.5 Å². The van der Waals surface area contributed by atoms with E-state index in [1.54, 1.807) is 12.1 Å². The molecule has 0 spiro atoms. The number of benzene rings is 1. The number of carboxylic acid groups (broad SMARTS) is 1. The highest BCUT2D eigenvalue weighted by molar-refractivity contribution is 7.99. The maximum absolute atomic E-state index is 13.1. The van der Waals surface area contributed by atoms with E-state index < -0.39 is 17.4 Å². The lowest BCUT2D eigenvalue weighted by Gasteiger charge is -2.16. The van der Waals surface area contributed by atoms with Crippen LogP contribution in [-0.4, -0.2) is 27.5 Å². The second kappa shape index (κ2) is 4.63. The highest BCUT2D eigenvalue weighted by atomic mass is 32.2. The zero-order valence-corrected chi connectivity index (χ0v) is 8.92. The Kier molecular flexibility index (Phi) is 3.71. The van der Waals surface area contributed by atoms with Crippen LogP contribution in [0, 0.1) is 5.82 Å². The maximum Gasteiger partial charge on any atom is 0.336 e. The van der Waals surface area contributed by atoms with Gasteiger partial charge in [0.05, 0.1) is 0 Å². The zero-order chi connectivity index (χ0) is 11.5. The van der Waals surface area contributed by atoms with Crippen molar-refractivity contribution in [1.82, 2.24) is 0 Å². The third kappa shape index (κ3) is 3.21. The fourth-order valence-corrected chi connectivity index (χ4v) is 1.78. The van der Waals surface area contributed by atoms with Crippen LogP contribution in [0.25, 0.3) is 0 Å². The number of halogens is 1. The lowest BCUT2D eigenvalue weighted by molar-refractivity contribution is -0.154. The Morgan fingerprint density at radius 1 is 1.53 bits per heavy atom. The van der Waals surface area contributed by atoms with Crippen molar-refractivity contribution in [3.05, 3.63) is 30.1 Å². The molecule has 0 aliphatic heterocycles. The van der Waals surface area contributed by atoms with Gasteiger partial charge >= 0.3 is 5.97 Å². The molecule has 1 rings (SSSR count). The summed E-state index contributed by atoms with van der Waals surface area (Å²) in [6.45, 7) is 1.18. The molecule has 0 fully saturated rings. The number of carbonyl (C=O) groups is 1. The largest absolute Gasteiger partial charge is 0.479 e. The average Bonchev–Trinajstić information content (AvgIpc) is 2.16. The summed E-state index contributed by atoms with van der Waals surface area (Å²) < 4.78 is 13.1. The van der Waals surface area contributed by atoms with Gasteiger partial charge in [-0.3, -0.25) is 0 Å². The summed E-state index contributed by atoms with van der Waals surface area (Å²) in [7, 11) is 0. The molecule has 1 aromatic carbocycles. The minimum absolute atomic E-state index is 0.0940. The highest BCUT2D eigenvalue weighted by Crippen LogP contribution is 2.25. The van der Waals surface area contributed by atoms with Crippen molar-refractivity contribution in [2.75, 3.05) is 5.75 Å². The first-order valence-corrected chi connectivity index (χ1v) is 5.25. The van der Waals surface area contributed by atoms with Crippen LogP contribution in [-0.2, 0) is 4.79 Å². The SMILES string of the molecule is CC(O)(CSc1ccccc1F)C(=O)O. The molecule has 0 saturated heterocycles. The van der Waals surface area contributed by atoms with Gasteiger partial charge in [0.15, 0.2) is 5.60 Å². The van der Waals surface area contributed by atoms with Gasteiger partial charge in [0, 0.05) is 10.6 Å². The molecule has 0 saturated carbocycles. The van der Waals surface area contributed by atoms with E-state index in [9.17, 15) is 14.3 Å². The molecule has 0 bridgehead atoms. The first kappa shape index (κ1) is 12.0. The van der Waals surface area contributed by atoms with Crippen LogP contribution in [0.15, 0.2) is 29.2 Å². The number of thioether (sulfide) groups is 1. The predicted molar refractivity (Wildman–Crippen MR) is 55.4 cm³/mol. The van der Waals surface area contributed by atoms with E-state index in [1.807, 2.05) is 0 Å². The maximum atomic E-state index is 13.1. The summed E-state index contributed by atoms with van der Waals surface area (Å²) in [4.78, 5) is 10.9. The predicted octanol–water partition coefficient (Wildman–Crippen LogP) is 1.75. The molecule has 3 nitrogen and oxygen atoms in total. The van der Waals surface area contributed by atoms with E-state index in [1.165, 1.54) is 19.1 Å². The Bertz CT molecular complexity index is 365. The number of rotatable bonds is 4. The Labute approximate surface area is 90.9 Å². The van der Waals surface area contributed by atoms with E-state index >= 15 is 0 Å². The van der Waals surface area contributed by atoms with Crippen molar-refractivity contribution in [1.29, 1.82) is 0 Å². The minimum Gasteiger partial charge on any atom is -0.479 e.